The van der Waals surface area contributed by atoms with Crippen molar-refractivity contribution in [1.29, 1.82) is 0 Å². The van der Waals surface area contributed by atoms with Gasteiger partial charge in [0.05, 0.1) is 11.4 Å². The van der Waals surface area contributed by atoms with Crippen LogP contribution in [0, 0.1) is 0 Å². The van der Waals surface area contributed by atoms with E-state index in [9.17, 15) is 28.8 Å². The second-order valence-electron chi connectivity index (χ2n) is 9.86. The van der Waals surface area contributed by atoms with Gasteiger partial charge in [-0.2, -0.15) is 0 Å². The molecule has 4 aromatic rings. The number of hydrogen-bond acceptors (Lipinski definition) is 8. The molecule has 0 aromatic heterocycles. The summed E-state index contributed by atoms with van der Waals surface area (Å²) in [6.07, 6.45) is 2.41. The first-order valence-corrected chi connectivity index (χ1v) is 14.2. The fraction of sp³-hybridized carbons (Fsp3) is 0. The number of anilines is 4. The quantitative estimate of drug-likeness (QED) is 0.161. The summed E-state index contributed by atoms with van der Waals surface area (Å²) in [5, 5.41) is 12.4. The molecule has 14 heteroatoms. The van der Waals surface area contributed by atoms with Crippen LogP contribution in [0.4, 0.5) is 32.3 Å². The van der Waals surface area contributed by atoms with Gasteiger partial charge < -0.3 is 10.6 Å². The molecule has 2 aliphatic heterocycles. The van der Waals surface area contributed by atoms with Gasteiger partial charge in [-0.3, -0.25) is 29.8 Å². The van der Waals surface area contributed by atoms with E-state index in [2.05, 4.69) is 21.3 Å². The molecule has 4 N–H and O–H groups in total. The van der Waals surface area contributed by atoms with Crippen LogP contribution in [0.2, 0.25) is 10.0 Å². The Kier molecular flexibility index (Phi) is 7.97. The first-order chi connectivity index (χ1) is 22.1. The third kappa shape index (κ3) is 5.65. The van der Waals surface area contributed by atoms with E-state index in [-0.39, 0.29) is 22.5 Å². The van der Waals surface area contributed by atoms with Gasteiger partial charge in [0, 0.05) is 44.6 Å². The molecule has 0 bridgehead atoms. The van der Waals surface area contributed by atoms with Gasteiger partial charge in [-0.1, -0.05) is 47.5 Å². The Balaban J connectivity index is 1.27. The van der Waals surface area contributed by atoms with Crippen LogP contribution < -0.4 is 31.1 Å². The molecule has 6 rings (SSSR count). The normalized spacial score (nSPS) is 17.1. The second-order valence-corrected chi connectivity index (χ2v) is 10.7. The molecular formula is C32H20Cl2N6O6. The van der Waals surface area contributed by atoms with Crippen LogP contribution in [-0.4, -0.2) is 35.7 Å². The SMILES string of the molecule is O=C1NC(=O)N(c2ccc(Cl)cc2)C(=O)/C1=C\Nc1cccc2c(N/C=C3/C(=O)NC(=O)N(c4ccc(Cl)cc4)C3=O)cccc12. The summed E-state index contributed by atoms with van der Waals surface area (Å²) in [6, 6.07) is 20.6. The zero-order chi connectivity index (χ0) is 32.5. The first-order valence-electron chi connectivity index (χ1n) is 13.5. The van der Waals surface area contributed by atoms with Crippen molar-refractivity contribution in [3.8, 4) is 0 Å². The average molecular weight is 655 g/mol. The van der Waals surface area contributed by atoms with E-state index >= 15 is 0 Å². The van der Waals surface area contributed by atoms with Gasteiger partial charge in [0.2, 0.25) is 0 Å². The van der Waals surface area contributed by atoms with Gasteiger partial charge in [-0.05, 0) is 60.7 Å². The number of imide groups is 4. The number of urea groups is 2. The van der Waals surface area contributed by atoms with Gasteiger partial charge >= 0.3 is 12.1 Å². The fourth-order valence-electron chi connectivity index (χ4n) is 4.83. The number of benzene rings is 4. The molecule has 0 spiro atoms. The Bertz CT molecular complexity index is 1900. The Hall–Kier alpha value is -5.98. The summed E-state index contributed by atoms with van der Waals surface area (Å²) >= 11 is 11.8. The molecule has 228 valence electrons. The van der Waals surface area contributed by atoms with Crippen molar-refractivity contribution in [2.75, 3.05) is 20.4 Å². The molecular weight excluding hydrogens is 635 g/mol. The summed E-state index contributed by atoms with van der Waals surface area (Å²) in [5.41, 5.74) is 0.835. The summed E-state index contributed by atoms with van der Waals surface area (Å²) in [4.78, 5) is 78.2. The van der Waals surface area contributed by atoms with Crippen LogP contribution in [0.5, 0.6) is 0 Å². The van der Waals surface area contributed by atoms with Crippen molar-refractivity contribution < 1.29 is 28.8 Å². The molecule has 0 radical (unpaired) electrons. The van der Waals surface area contributed by atoms with Crippen molar-refractivity contribution in [2.45, 2.75) is 0 Å². The van der Waals surface area contributed by atoms with Crippen molar-refractivity contribution in [2.24, 2.45) is 0 Å². The predicted molar refractivity (Wildman–Crippen MR) is 172 cm³/mol. The van der Waals surface area contributed by atoms with Crippen LogP contribution in [0.3, 0.4) is 0 Å². The molecule has 0 saturated carbocycles. The Morgan fingerprint density at radius 1 is 0.522 bits per heavy atom. The number of halogens is 2. The number of fused-ring (bicyclic) bond motifs is 1. The van der Waals surface area contributed by atoms with E-state index in [0.717, 1.165) is 9.80 Å². The minimum Gasteiger partial charge on any atom is -0.360 e. The molecule has 0 atom stereocenters. The topological polar surface area (TPSA) is 157 Å². The van der Waals surface area contributed by atoms with Gasteiger partial charge in [0.15, 0.2) is 0 Å². The van der Waals surface area contributed by atoms with Crippen LogP contribution >= 0.6 is 23.2 Å². The highest BCUT2D eigenvalue weighted by atomic mass is 35.5. The van der Waals surface area contributed by atoms with Crippen LogP contribution in [0.1, 0.15) is 0 Å². The van der Waals surface area contributed by atoms with Crippen LogP contribution in [0.25, 0.3) is 10.8 Å². The minimum absolute atomic E-state index is 0.228. The Labute approximate surface area is 270 Å². The molecule has 4 aromatic carbocycles. The summed E-state index contributed by atoms with van der Waals surface area (Å²) in [5.74, 6) is -3.41. The van der Waals surface area contributed by atoms with E-state index < -0.39 is 35.7 Å². The summed E-state index contributed by atoms with van der Waals surface area (Å²) in [7, 11) is 0. The highest BCUT2D eigenvalue weighted by Gasteiger charge is 2.38. The van der Waals surface area contributed by atoms with Gasteiger partial charge in [0.1, 0.15) is 11.1 Å². The molecule has 2 fully saturated rings. The molecule has 46 heavy (non-hydrogen) atoms. The fourth-order valence-corrected chi connectivity index (χ4v) is 5.08. The Morgan fingerprint density at radius 3 is 1.26 bits per heavy atom. The zero-order valence-corrected chi connectivity index (χ0v) is 24.8. The summed E-state index contributed by atoms with van der Waals surface area (Å²) < 4.78 is 0. The van der Waals surface area contributed by atoms with Crippen molar-refractivity contribution in [1.82, 2.24) is 10.6 Å². The number of barbiturate groups is 2. The van der Waals surface area contributed by atoms with E-state index in [4.69, 9.17) is 23.2 Å². The molecule has 12 nitrogen and oxygen atoms in total. The standard InChI is InChI=1S/C32H20Cl2N6O6/c33-17-7-11-19(12-8-17)39-29(43)23(27(41)37-31(39)45)15-35-25-5-1-3-21-22(25)4-2-6-26(21)36-16-24-28(42)38-32(46)40(30(24)44)20-13-9-18(34)10-14-20/h1-16,35-36H,(H,37,41,45)(H,38,42,46)/b23-15-,24-16-. The van der Waals surface area contributed by atoms with Gasteiger partial charge in [-0.25, -0.2) is 19.4 Å². The van der Waals surface area contributed by atoms with Gasteiger partial charge in [-0.15, -0.1) is 0 Å². The number of carbonyl (C=O) groups is 6. The predicted octanol–water partition coefficient (Wildman–Crippen LogP) is 5.30. The lowest BCUT2D eigenvalue weighted by atomic mass is 10.1. The smallest absolute Gasteiger partial charge is 0.335 e. The van der Waals surface area contributed by atoms with E-state index in [0.29, 0.717) is 32.2 Å². The first kappa shape index (κ1) is 30.1. The monoisotopic (exact) mass is 654 g/mol. The van der Waals surface area contributed by atoms with E-state index in [1.807, 2.05) is 0 Å². The number of nitrogens with zero attached hydrogens (tertiary/aromatic N) is 2. The second kappa shape index (κ2) is 12.2. The molecule has 0 unspecified atom stereocenters. The maximum atomic E-state index is 13.2. The zero-order valence-electron chi connectivity index (χ0n) is 23.3. The van der Waals surface area contributed by atoms with Crippen molar-refractivity contribution >= 4 is 92.4 Å². The van der Waals surface area contributed by atoms with Gasteiger partial charge in [0.25, 0.3) is 23.6 Å². The minimum atomic E-state index is -0.893. The number of carbonyl (C=O) groups excluding carboxylic acids is 6. The lowest BCUT2D eigenvalue weighted by Gasteiger charge is -2.26. The molecule has 8 amide bonds. The third-order valence-corrected chi connectivity index (χ3v) is 7.54. The Morgan fingerprint density at radius 2 is 0.891 bits per heavy atom. The third-order valence-electron chi connectivity index (χ3n) is 7.04. The number of amides is 8. The highest BCUT2D eigenvalue weighted by Crippen LogP contribution is 2.31. The van der Waals surface area contributed by atoms with Crippen molar-refractivity contribution in [3.63, 3.8) is 0 Å². The average Bonchev–Trinajstić information content (AvgIpc) is 3.02. The molecule has 0 aliphatic carbocycles. The lowest BCUT2D eigenvalue weighted by Crippen LogP contribution is -2.54. The highest BCUT2D eigenvalue weighted by molar-refractivity contribution is 6.39. The number of hydrogen-bond donors (Lipinski definition) is 4. The lowest BCUT2D eigenvalue weighted by molar-refractivity contribution is -0.124. The number of rotatable bonds is 6. The van der Waals surface area contributed by atoms with Crippen LogP contribution in [0.15, 0.2) is 108 Å². The number of nitrogens with one attached hydrogen (secondary N) is 4. The van der Waals surface area contributed by atoms with E-state index in [1.54, 1.807) is 36.4 Å². The molecule has 2 saturated heterocycles. The van der Waals surface area contributed by atoms with Crippen LogP contribution in [-0.2, 0) is 19.2 Å². The molecule has 2 aliphatic rings. The maximum absolute atomic E-state index is 13.2. The molecule has 2 heterocycles. The van der Waals surface area contributed by atoms with E-state index in [1.165, 1.54) is 60.9 Å². The maximum Gasteiger partial charge on any atom is 0.335 e. The van der Waals surface area contributed by atoms with Crippen molar-refractivity contribution in [3.05, 3.63) is 119 Å². The largest absolute Gasteiger partial charge is 0.360 e. The summed E-state index contributed by atoms with van der Waals surface area (Å²) in [6.45, 7) is 0.